The van der Waals surface area contributed by atoms with Gasteiger partial charge in [-0.05, 0) is 31.9 Å². The van der Waals surface area contributed by atoms with Crippen LogP contribution in [0.2, 0.25) is 0 Å². The van der Waals surface area contributed by atoms with Crippen LogP contribution in [-0.2, 0) is 13.0 Å². The molecular weight excluding hydrogens is 376 g/mol. The van der Waals surface area contributed by atoms with Gasteiger partial charge in [0, 0.05) is 36.0 Å². The largest absolute Gasteiger partial charge is 0.360 e. The summed E-state index contributed by atoms with van der Waals surface area (Å²) >= 11 is 0. The summed E-state index contributed by atoms with van der Waals surface area (Å²) in [7, 11) is 0. The molecule has 150 valence electrons. The molecular formula is C24H22N4O2. The number of nitrogens with one attached hydrogen (secondary N) is 1. The lowest BCUT2D eigenvalue weighted by atomic mass is 10.1. The zero-order valence-electron chi connectivity index (χ0n) is 16.8. The number of rotatable bonds is 4. The maximum absolute atomic E-state index is 13.0. The van der Waals surface area contributed by atoms with Gasteiger partial charge in [-0.3, -0.25) is 4.79 Å². The summed E-state index contributed by atoms with van der Waals surface area (Å²) in [5.74, 6) is 1.41. The molecule has 0 saturated heterocycles. The fraction of sp³-hybridized carbons (Fsp3) is 0.208. The highest BCUT2D eigenvalue weighted by molar-refractivity contribution is 6.08. The van der Waals surface area contributed by atoms with Gasteiger partial charge in [0.05, 0.1) is 5.69 Å². The maximum Gasteiger partial charge on any atom is 0.261 e. The van der Waals surface area contributed by atoms with Gasteiger partial charge >= 0.3 is 0 Å². The minimum Gasteiger partial charge on any atom is -0.360 e. The molecule has 1 amide bonds. The fourth-order valence-electron chi connectivity index (χ4n) is 3.90. The maximum atomic E-state index is 13.0. The number of fused-ring (bicyclic) bond motifs is 1. The van der Waals surface area contributed by atoms with Gasteiger partial charge < -0.3 is 14.4 Å². The number of imidazole rings is 1. The molecule has 4 aromatic rings. The summed E-state index contributed by atoms with van der Waals surface area (Å²) in [4.78, 5) is 17.7. The fourth-order valence-corrected chi connectivity index (χ4v) is 3.90. The molecule has 0 bridgehead atoms. The first kappa shape index (κ1) is 18.4. The summed E-state index contributed by atoms with van der Waals surface area (Å²) in [6.45, 7) is 2.79. The van der Waals surface area contributed by atoms with Crippen molar-refractivity contribution in [3.05, 3.63) is 77.9 Å². The summed E-state index contributed by atoms with van der Waals surface area (Å²) in [5, 5.41) is 7.05. The minimum atomic E-state index is -0.238. The number of nitrogens with zero attached hydrogens (tertiary/aromatic N) is 3. The first-order valence-electron chi connectivity index (χ1n) is 10.2. The normalized spacial score (nSPS) is 13.1. The Labute approximate surface area is 174 Å². The number of benzene rings is 2. The van der Waals surface area contributed by atoms with Crippen molar-refractivity contribution >= 4 is 11.6 Å². The molecule has 0 atom stereocenters. The topological polar surface area (TPSA) is 73.0 Å². The van der Waals surface area contributed by atoms with Crippen LogP contribution in [0.3, 0.4) is 0 Å². The van der Waals surface area contributed by atoms with E-state index in [1.54, 1.807) is 6.92 Å². The van der Waals surface area contributed by atoms with E-state index in [1.165, 1.54) is 12.8 Å². The van der Waals surface area contributed by atoms with Crippen molar-refractivity contribution in [3.63, 3.8) is 0 Å². The van der Waals surface area contributed by atoms with Crippen LogP contribution in [0.15, 0.2) is 65.3 Å². The van der Waals surface area contributed by atoms with Gasteiger partial charge in [-0.15, -0.1) is 0 Å². The first-order chi connectivity index (χ1) is 14.7. The Morgan fingerprint density at radius 1 is 1.03 bits per heavy atom. The van der Waals surface area contributed by atoms with E-state index in [9.17, 15) is 4.79 Å². The molecule has 0 radical (unpaired) electrons. The van der Waals surface area contributed by atoms with Crippen LogP contribution in [0.5, 0.6) is 0 Å². The number of anilines is 1. The highest BCUT2D eigenvalue weighted by Crippen LogP contribution is 2.27. The third-order valence-corrected chi connectivity index (χ3v) is 5.48. The Hall–Kier alpha value is -3.67. The Morgan fingerprint density at radius 2 is 1.83 bits per heavy atom. The summed E-state index contributed by atoms with van der Waals surface area (Å²) < 4.78 is 7.55. The molecule has 0 saturated carbocycles. The van der Waals surface area contributed by atoms with Gasteiger partial charge in [-0.2, -0.15) is 0 Å². The van der Waals surface area contributed by atoms with E-state index < -0.39 is 0 Å². The van der Waals surface area contributed by atoms with Gasteiger partial charge in [0.2, 0.25) is 0 Å². The lowest BCUT2D eigenvalue weighted by Crippen LogP contribution is -2.13. The standard InChI is InChI=1S/C24H22N4O2/c1-16-22(23(27-30-16)18-7-3-2-4-8-18)24(29)25-19-12-10-17(11-13-19)20-15-28-14-6-5-9-21(28)26-20/h2-4,7-8,10-13,15H,5-6,9,14H2,1H3,(H,25,29). The van der Waals surface area contributed by atoms with Crippen LogP contribution in [0.1, 0.15) is 34.8 Å². The molecule has 2 aromatic carbocycles. The van der Waals surface area contributed by atoms with Crippen LogP contribution in [-0.4, -0.2) is 20.6 Å². The zero-order valence-corrected chi connectivity index (χ0v) is 16.8. The highest BCUT2D eigenvalue weighted by Gasteiger charge is 2.21. The van der Waals surface area contributed by atoms with Gasteiger partial charge in [0.15, 0.2) is 0 Å². The Balaban J connectivity index is 1.36. The van der Waals surface area contributed by atoms with E-state index in [0.29, 0.717) is 22.7 Å². The van der Waals surface area contributed by atoms with Crippen molar-refractivity contribution < 1.29 is 9.32 Å². The second kappa shape index (κ2) is 7.63. The highest BCUT2D eigenvalue weighted by atomic mass is 16.5. The molecule has 1 aliphatic rings. The van der Waals surface area contributed by atoms with E-state index in [0.717, 1.165) is 35.6 Å². The number of hydrogen-bond acceptors (Lipinski definition) is 4. The predicted octanol–water partition coefficient (Wildman–Crippen LogP) is 5.10. The predicted molar refractivity (Wildman–Crippen MR) is 115 cm³/mol. The smallest absolute Gasteiger partial charge is 0.261 e. The number of aromatic nitrogens is 3. The van der Waals surface area contributed by atoms with Crippen molar-refractivity contribution in [2.45, 2.75) is 32.7 Å². The van der Waals surface area contributed by atoms with Crippen LogP contribution < -0.4 is 5.32 Å². The third kappa shape index (κ3) is 3.41. The number of carbonyl (C=O) groups excluding carboxylic acids is 1. The van der Waals surface area contributed by atoms with Crippen LogP contribution in [0.25, 0.3) is 22.5 Å². The van der Waals surface area contributed by atoms with E-state index in [4.69, 9.17) is 9.51 Å². The lowest BCUT2D eigenvalue weighted by molar-refractivity contribution is 0.102. The number of hydrogen-bond donors (Lipinski definition) is 1. The van der Waals surface area contributed by atoms with Gasteiger partial charge in [-0.1, -0.05) is 47.6 Å². The van der Waals surface area contributed by atoms with Crippen LogP contribution in [0, 0.1) is 6.92 Å². The van der Waals surface area contributed by atoms with Gasteiger partial charge in [0.25, 0.3) is 5.91 Å². The first-order valence-corrected chi connectivity index (χ1v) is 10.2. The number of carbonyl (C=O) groups is 1. The number of amides is 1. The molecule has 0 spiro atoms. The van der Waals surface area contributed by atoms with Crippen molar-refractivity contribution in [1.82, 2.24) is 14.7 Å². The molecule has 1 aliphatic heterocycles. The van der Waals surface area contributed by atoms with E-state index in [-0.39, 0.29) is 5.91 Å². The van der Waals surface area contributed by atoms with Crippen LogP contribution in [0.4, 0.5) is 5.69 Å². The van der Waals surface area contributed by atoms with Crippen LogP contribution >= 0.6 is 0 Å². The molecule has 5 rings (SSSR count). The summed E-state index contributed by atoms with van der Waals surface area (Å²) in [5.41, 5.74) is 4.58. The molecule has 6 nitrogen and oxygen atoms in total. The molecule has 6 heteroatoms. The molecule has 3 heterocycles. The van der Waals surface area contributed by atoms with Crippen molar-refractivity contribution in [2.24, 2.45) is 0 Å². The SMILES string of the molecule is Cc1onc(-c2ccccc2)c1C(=O)Nc1ccc(-c2cn3c(n2)CCCC3)cc1. The Kier molecular flexibility index (Phi) is 4.67. The molecule has 1 N–H and O–H groups in total. The van der Waals surface area contributed by atoms with Crippen molar-refractivity contribution in [3.8, 4) is 22.5 Å². The lowest BCUT2D eigenvalue weighted by Gasteiger charge is -2.11. The van der Waals surface area contributed by atoms with E-state index in [2.05, 4.69) is 21.2 Å². The molecule has 30 heavy (non-hydrogen) atoms. The van der Waals surface area contributed by atoms with Crippen molar-refractivity contribution in [1.29, 1.82) is 0 Å². The second-order valence-corrected chi connectivity index (χ2v) is 7.55. The summed E-state index contributed by atoms with van der Waals surface area (Å²) in [6, 6.07) is 17.3. The van der Waals surface area contributed by atoms with Gasteiger partial charge in [0.1, 0.15) is 22.8 Å². The minimum absolute atomic E-state index is 0.238. The van der Waals surface area contributed by atoms with E-state index >= 15 is 0 Å². The zero-order chi connectivity index (χ0) is 20.5. The molecule has 0 aliphatic carbocycles. The van der Waals surface area contributed by atoms with E-state index in [1.807, 2.05) is 54.6 Å². The molecule has 0 fully saturated rings. The Bertz CT molecular complexity index is 1170. The quantitative estimate of drug-likeness (QED) is 0.519. The van der Waals surface area contributed by atoms with Crippen molar-refractivity contribution in [2.75, 3.05) is 5.32 Å². The second-order valence-electron chi connectivity index (χ2n) is 7.55. The van der Waals surface area contributed by atoms with Gasteiger partial charge in [-0.25, -0.2) is 4.98 Å². The summed E-state index contributed by atoms with van der Waals surface area (Å²) in [6.07, 6.45) is 5.57. The molecule has 2 aromatic heterocycles. The Morgan fingerprint density at radius 3 is 2.60 bits per heavy atom. The molecule has 0 unspecified atom stereocenters. The average molecular weight is 398 g/mol. The third-order valence-electron chi connectivity index (χ3n) is 5.48. The monoisotopic (exact) mass is 398 g/mol. The average Bonchev–Trinajstić information content (AvgIpc) is 3.38. The number of aryl methyl sites for hydroxylation is 3.